The molecule has 1 N–H and O–H groups in total. The second-order valence-electron chi connectivity index (χ2n) is 3.54. The van der Waals surface area contributed by atoms with Crippen molar-refractivity contribution in [2.75, 3.05) is 6.54 Å². The first kappa shape index (κ1) is 11.0. The number of aromatic nitrogens is 1. The summed E-state index contributed by atoms with van der Waals surface area (Å²) in [5.41, 5.74) is 0.943. The van der Waals surface area contributed by atoms with Gasteiger partial charge in [-0.05, 0) is 10.9 Å². The lowest BCUT2D eigenvalue weighted by molar-refractivity contribution is 0.145. The van der Waals surface area contributed by atoms with Gasteiger partial charge in [0, 0.05) is 24.3 Å². The monoisotopic (exact) mass is 222 g/mol. The molecule has 0 unspecified atom stereocenters. The van der Waals surface area contributed by atoms with Crippen molar-refractivity contribution in [2.45, 2.75) is 13.0 Å². The smallest absolute Gasteiger partial charge is 0.250 e. The zero-order valence-corrected chi connectivity index (χ0v) is 8.66. The van der Waals surface area contributed by atoms with Gasteiger partial charge in [-0.1, -0.05) is 24.3 Å². The SMILES string of the molecule is FC(F)CNCc1cncc2ccccc12. The number of hydrogen-bond donors (Lipinski definition) is 1. The molecular weight excluding hydrogens is 210 g/mol. The largest absolute Gasteiger partial charge is 0.307 e. The Morgan fingerprint density at radius 1 is 1.19 bits per heavy atom. The Morgan fingerprint density at radius 3 is 2.81 bits per heavy atom. The first-order valence-electron chi connectivity index (χ1n) is 5.08. The highest BCUT2D eigenvalue weighted by atomic mass is 19.3. The summed E-state index contributed by atoms with van der Waals surface area (Å²) in [7, 11) is 0. The van der Waals surface area contributed by atoms with Crippen LogP contribution in [0.25, 0.3) is 10.8 Å². The number of benzene rings is 1. The maximum atomic E-state index is 12.0. The summed E-state index contributed by atoms with van der Waals surface area (Å²) in [4.78, 5) is 4.08. The summed E-state index contributed by atoms with van der Waals surface area (Å²) < 4.78 is 23.9. The zero-order chi connectivity index (χ0) is 11.4. The van der Waals surface area contributed by atoms with Gasteiger partial charge < -0.3 is 5.32 Å². The van der Waals surface area contributed by atoms with Crippen molar-refractivity contribution in [3.63, 3.8) is 0 Å². The number of alkyl halides is 2. The lowest BCUT2D eigenvalue weighted by Gasteiger charge is -2.07. The number of nitrogens with zero attached hydrogens (tertiary/aromatic N) is 1. The van der Waals surface area contributed by atoms with Crippen LogP contribution in [-0.2, 0) is 6.54 Å². The van der Waals surface area contributed by atoms with Crippen molar-refractivity contribution in [1.29, 1.82) is 0 Å². The predicted octanol–water partition coefficient (Wildman–Crippen LogP) is 2.59. The van der Waals surface area contributed by atoms with E-state index >= 15 is 0 Å². The number of pyridine rings is 1. The van der Waals surface area contributed by atoms with Crippen LogP contribution in [0.2, 0.25) is 0 Å². The van der Waals surface area contributed by atoms with Gasteiger partial charge in [0.2, 0.25) is 0 Å². The van der Waals surface area contributed by atoms with Crippen molar-refractivity contribution < 1.29 is 8.78 Å². The first-order valence-corrected chi connectivity index (χ1v) is 5.08. The van der Waals surface area contributed by atoms with Crippen LogP contribution in [0.15, 0.2) is 36.7 Å². The molecule has 84 valence electrons. The molecule has 2 aromatic rings. The van der Waals surface area contributed by atoms with Gasteiger partial charge in [0.1, 0.15) is 0 Å². The Morgan fingerprint density at radius 2 is 2.00 bits per heavy atom. The molecule has 0 amide bonds. The summed E-state index contributed by atoms with van der Waals surface area (Å²) in [6, 6.07) is 7.79. The minimum Gasteiger partial charge on any atom is -0.307 e. The molecule has 2 rings (SSSR count). The van der Waals surface area contributed by atoms with Gasteiger partial charge in [-0.3, -0.25) is 4.98 Å². The van der Waals surface area contributed by atoms with Crippen molar-refractivity contribution in [1.82, 2.24) is 10.3 Å². The summed E-state index contributed by atoms with van der Waals surface area (Å²) in [5.74, 6) is 0. The standard InChI is InChI=1S/C12H12F2N2/c13-12(14)8-16-7-10-6-15-5-9-3-1-2-4-11(9)10/h1-6,12,16H,7-8H2. The quantitative estimate of drug-likeness (QED) is 0.860. The van der Waals surface area contributed by atoms with E-state index in [1.54, 1.807) is 12.4 Å². The van der Waals surface area contributed by atoms with E-state index in [4.69, 9.17) is 0 Å². The molecule has 0 atom stereocenters. The van der Waals surface area contributed by atoms with Crippen LogP contribution >= 0.6 is 0 Å². The van der Waals surface area contributed by atoms with Crippen molar-refractivity contribution >= 4 is 10.8 Å². The van der Waals surface area contributed by atoms with Crippen LogP contribution in [0, 0.1) is 0 Å². The molecule has 0 aliphatic heterocycles. The molecule has 0 saturated carbocycles. The first-order chi connectivity index (χ1) is 7.77. The molecular formula is C12H12F2N2. The molecule has 0 fully saturated rings. The highest BCUT2D eigenvalue weighted by Gasteiger charge is 2.03. The molecule has 0 radical (unpaired) electrons. The van der Waals surface area contributed by atoms with Crippen LogP contribution in [-0.4, -0.2) is 18.0 Å². The third-order valence-corrected chi connectivity index (χ3v) is 2.36. The molecule has 4 heteroatoms. The molecule has 16 heavy (non-hydrogen) atoms. The fourth-order valence-electron chi connectivity index (χ4n) is 1.64. The third-order valence-electron chi connectivity index (χ3n) is 2.36. The Bertz CT molecular complexity index is 466. The number of fused-ring (bicyclic) bond motifs is 1. The van der Waals surface area contributed by atoms with Crippen LogP contribution in [0.4, 0.5) is 8.78 Å². The number of hydrogen-bond acceptors (Lipinski definition) is 2. The number of halogens is 2. The molecule has 1 aromatic heterocycles. The minimum absolute atomic E-state index is 0.288. The van der Waals surface area contributed by atoms with Gasteiger partial charge in [0.25, 0.3) is 6.43 Å². The Hall–Kier alpha value is -1.55. The maximum Gasteiger partial charge on any atom is 0.250 e. The highest BCUT2D eigenvalue weighted by Crippen LogP contribution is 2.16. The van der Waals surface area contributed by atoms with Gasteiger partial charge in [-0.2, -0.15) is 0 Å². The molecule has 0 aliphatic carbocycles. The Kier molecular flexibility index (Phi) is 3.41. The summed E-state index contributed by atoms with van der Waals surface area (Å²) in [5, 5.41) is 4.78. The zero-order valence-electron chi connectivity index (χ0n) is 8.66. The molecule has 2 nitrogen and oxygen atoms in total. The van der Waals surface area contributed by atoms with E-state index in [1.165, 1.54) is 0 Å². The van der Waals surface area contributed by atoms with E-state index in [9.17, 15) is 8.78 Å². The predicted molar refractivity (Wildman–Crippen MR) is 59.5 cm³/mol. The van der Waals surface area contributed by atoms with E-state index < -0.39 is 6.43 Å². The molecule has 1 aromatic carbocycles. The van der Waals surface area contributed by atoms with E-state index in [0.29, 0.717) is 6.54 Å². The van der Waals surface area contributed by atoms with Crippen LogP contribution in [0.3, 0.4) is 0 Å². The fourth-order valence-corrected chi connectivity index (χ4v) is 1.64. The van der Waals surface area contributed by atoms with Crippen LogP contribution in [0.1, 0.15) is 5.56 Å². The average molecular weight is 222 g/mol. The van der Waals surface area contributed by atoms with E-state index in [0.717, 1.165) is 16.3 Å². The van der Waals surface area contributed by atoms with Gasteiger partial charge in [0.05, 0.1) is 6.54 Å². The maximum absolute atomic E-state index is 12.0. The lowest BCUT2D eigenvalue weighted by Crippen LogP contribution is -2.20. The number of rotatable bonds is 4. The molecule has 0 bridgehead atoms. The van der Waals surface area contributed by atoms with Crippen molar-refractivity contribution in [2.24, 2.45) is 0 Å². The van der Waals surface area contributed by atoms with Crippen molar-refractivity contribution in [3.8, 4) is 0 Å². The van der Waals surface area contributed by atoms with Crippen molar-refractivity contribution in [3.05, 3.63) is 42.2 Å². The van der Waals surface area contributed by atoms with Crippen LogP contribution in [0.5, 0.6) is 0 Å². The highest BCUT2D eigenvalue weighted by molar-refractivity contribution is 5.84. The van der Waals surface area contributed by atoms with E-state index in [1.807, 2.05) is 24.3 Å². The van der Waals surface area contributed by atoms with E-state index in [-0.39, 0.29) is 6.54 Å². The van der Waals surface area contributed by atoms with Gasteiger partial charge in [-0.15, -0.1) is 0 Å². The second kappa shape index (κ2) is 4.99. The summed E-state index contributed by atoms with van der Waals surface area (Å²) in [6.45, 7) is 0.127. The second-order valence-corrected chi connectivity index (χ2v) is 3.54. The lowest BCUT2D eigenvalue weighted by atomic mass is 10.1. The summed E-state index contributed by atoms with van der Waals surface area (Å²) in [6.07, 6.45) is 1.16. The van der Waals surface area contributed by atoms with E-state index in [2.05, 4.69) is 10.3 Å². The fraction of sp³-hybridized carbons (Fsp3) is 0.250. The molecule has 0 spiro atoms. The van der Waals surface area contributed by atoms with Gasteiger partial charge in [0.15, 0.2) is 0 Å². The molecule has 1 heterocycles. The Labute approximate surface area is 92.3 Å². The average Bonchev–Trinajstić information content (AvgIpc) is 2.29. The molecule has 0 aliphatic rings. The topological polar surface area (TPSA) is 24.9 Å². The Balaban J connectivity index is 2.17. The third kappa shape index (κ3) is 2.52. The van der Waals surface area contributed by atoms with Gasteiger partial charge in [-0.25, -0.2) is 8.78 Å². The molecule has 0 saturated heterocycles. The number of nitrogens with one attached hydrogen (secondary N) is 1. The van der Waals surface area contributed by atoms with Crippen LogP contribution < -0.4 is 5.32 Å². The normalized spacial score (nSPS) is 11.2. The minimum atomic E-state index is -2.32. The van der Waals surface area contributed by atoms with Gasteiger partial charge >= 0.3 is 0 Å². The summed E-state index contributed by atoms with van der Waals surface area (Å²) >= 11 is 0.